The predicted molar refractivity (Wildman–Crippen MR) is 107 cm³/mol. The molecule has 0 spiro atoms. The lowest BCUT2D eigenvalue weighted by molar-refractivity contribution is 0.527. The Bertz CT molecular complexity index is 1130. The lowest BCUT2D eigenvalue weighted by Crippen LogP contribution is -2.36. The van der Waals surface area contributed by atoms with Crippen molar-refractivity contribution in [1.82, 2.24) is 9.29 Å². The van der Waals surface area contributed by atoms with E-state index >= 15 is 0 Å². The van der Waals surface area contributed by atoms with Crippen LogP contribution in [-0.4, -0.2) is 19.0 Å². The van der Waals surface area contributed by atoms with E-state index in [1.165, 1.54) is 0 Å². The number of sulfonamides is 1. The van der Waals surface area contributed by atoms with E-state index in [9.17, 15) is 13.7 Å². The first-order valence-corrected chi connectivity index (χ1v) is 10.1. The summed E-state index contributed by atoms with van der Waals surface area (Å²) in [6, 6.07) is 12.8. The summed E-state index contributed by atoms with van der Waals surface area (Å²) in [6.07, 6.45) is 1.75. The number of hydrogen-bond acceptors (Lipinski definition) is 4. The molecule has 3 N–H and O–H groups in total. The number of nitriles is 1. The van der Waals surface area contributed by atoms with Crippen molar-refractivity contribution in [3.8, 4) is 6.07 Å². The van der Waals surface area contributed by atoms with Gasteiger partial charge in [0.15, 0.2) is 0 Å². The largest absolute Gasteiger partial charge is 0.398 e. The summed E-state index contributed by atoms with van der Waals surface area (Å²) >= 11 is 0. The number of rotatable bonds is 5. The highest BCUT2D eigenvalue weighted by atomic mass is 32.2. The lowest BCUT2D eigenvalue weighted by Gasteiger charge is -2.18. The van der Waals surface area contributed by atoms with Crippen molar-refractivity contribution in [2.24, 2.45) is 0 Å². The van der Waals surface area contributed by atoms with Gasteiger partial charge in [-0.05, 0) is 44.0 Å². The third kappa shape index (κ3) is 3.68. The molecular weight excluding hydrogens is 360 g/mol. The molecule has 3 rings (SSSR count). The van der Waals surface area contributed by atoms with E-state index in [1.54, 1.807) is 32.2 Å². The number of anilines is 1. The van der Waals surface area contributed by atoms with Gasteiger partial charge in [0.05, 0.1) is 11.3 Å². The maximum atomic E-state index is 12.9. The van der Waals surface area contributed by atoms with Crippen molar-refractivity contribution in [1.29, 1.82) is 5.26 Å². The van der Waals surface area contributed by atoms with Crippen molar-refractivity contribution in [3.63, 3.8) is 0 Å². The summed E-state index contributed by atoms with van der Waals surface area (Å²) in [5.74, 6) is 0. The average Bonchev–Trinajstić information content (AvgIpc) is 2.91. The fourth-order valence-corrected chi connectivity index (χ4v) is 5.07. The van der Waals surface area contributed by atoms with E-state index in [1.807, 2.05) is 35.8 Å². The number of nitrogen functional groups attached to an aromatic ring is 1. The van der Waals surface area contributed by atoms with Crippen LogP contribution in [0.2, 0.25) is 0 Å². The first kappa shape index (κ1) is 19.0. The molecule has 3 aromatic rings. The molecule has 27 heavy (non-hydrogen) atoms. The molecule has 140 valence electrons. The van der Waals surface area contributed by atoms with Crippen LogP contribution in [0.5, 0.6) is 0 Å². The maximum Gasteiger partial charge on any atom is 0.243 e. The monoisotopic (exact) mass is 382 g/mol. The molecule has 0 radical (unpaired) electrons. The Morgan fingerprint density at radius 2 is 1.96 bits per heavy atom. The molecule has 0 fully saturated rings. The number of fused-ring (bicyclic) bond motifs is 1. The molecular formula is C20H22N4O2S. The van der Waals surface area contributed by atoms with Crippen LogP contribution >= 0.6 is 0 Å². The van der Waals surface area contributed by atoms with Gasteiger partial charge in [-0.3, -0.25) is 0 Å². The quantitative estimate of drug-likeness (QED) is 0.662. The van der Waals surface area contributed by atoms with Crippen LogP contribution in [-0.2, 0) is 16.6 Å². The highest BCUT2D eigenvalue weighted by Crippen LogP contribution is 2.25. The highest BCUT2D eigenvalue weighted by Gasteiger charge is 2.23. The number of aromatic nitrogens is 1. The number of nitrogens with two attached hydrogens (primary N) is 1. The van der Waals surface area contributed by atoms with Crippen LogP contribution in [0, 0.1) is 25.2 Å². The summed E-state index contributed by atoms with van der Waals surface area (Å²) in [6.45, 7) is 5.80. The van der Waals surface area contributed by atoms with Crippen LogP contribution in [0.25, 0.3) is 10.9 Å². The van der Waals surface area contributed by atoms with Crippen molar-refractivity contribution in [2.75, 3.05) is 5.73 Å². The molecule has 1 heterocycles. The number of nitrogens with zero attached hydrogens (tertiary/aromatic N) is 2. The van der Waals surface area contributed by atoms with Crippen LogP contribution in [0.15, 0.2) is 47.5 Å². The zero-order valence-electron chi connectivity index (χ0n) is 15.5. The Morgan fingerprint density at radius 1 is 1.26 bits per heavy atom. The Balaban J connectivity index is 1.89. The molecule has 1 aromatic heterocycles. The van der Waals surface area contributed by atoms with Gasteiger partial charge in [-0.1, -0.05) is 24.3 Å². The predicted octanol–water partition coefficient (Wildman–Crippen LogP) is 3.08. The van der Waals surface area contributed by atoms with Gasteiger partial charge < -0.3 is 10.3 Å². The van der Waals surface area contributed by atoms with E-state index in [2.05, 4.69) is 10.8 Å². The number of nitrogens with one attached hydrogen (secondary N) is 1. The second-order valence-electron chi connectivity index (χ2n) is 6.85. The Kier molecular flexibility index (Phi) is 4.96. The zero-order chi connectivity index (χ0) is 19.8. The number of benzene rings is 2. The molecule has 0 saturated heterocycles. The van der Waals surface area contributed by atoms with Crippen molar-refractivity contribution in [2.45, 2.75) is 38.3 Å². The number of aryl methyl sites for hydroxylation is 2. The maximum absolute atomic E-state index is 12.9. The molecule has 0 saturated carbocycles. The topological polar surface area (TPSA) is 101 Å². The first-order chi connectivity index (χ1) is 12.7. The smallest absolute Gasteiger partial charge is 0.243 e. The third-order valence-corrected chi connectivity index (χ3v) is 6.26. The fraction of sp³-hybridized carbons (Fsp3) is 0.250. The Hall–Kier alpha value is -2.82. The second kappa shape index (κ2) is 7.06. The van der Waals surface area contributed by atoms with E-state index in [4.69, 9.17) is 5.73 Å². The summed E-state index contributed by atoms with van der Waals surface area (Å²) in [4.78, 5) is 0.120. The van der Waals surface area contributed by atoms with Gasteiger partial charge in [-0.2, -0.15) is 5.26 Å². The van der Waals surface area contributed by atoms with Gasteiger partial charge in [0, 0.05) is 29.7 Å². The molecule has 1 atom stereocenters. The first-order valence-electron chi connectivity index (χ1n) is 8.60. The van der Waals surface area contributed by atoms with Gasteiger partial charge in [0.2, 0.25) is 10.0 Å². The molecule has 1 unspecified atom stereocenters. The summed E-state index contributed by atoms with van der Waals surface area (Å²) in [5.41, 5.74) is 9.21. The lowest BCUT2D eigenvalue weighted by atomic mass is 10.1. The van der Waals surface area contributed by atoms with Gasteiger partial charge >= 0.3 is 0 Å². The van der Waals surface area contributed by atoms with E-state index in [0.29, 0.717) is 17.7 Å². The average molecular weight is 382 g/mol. The Morgan fingerprint density at radius 3 is 2.63 bits per heavy atom. The van der Waals surface area contributed by atoms with Gasteiger partial charge in [0.25, 0.3) is 0 Å². The zero-order valence-corrected chi connectivity index (χ0v) is 16.3. The van der Waals surface area contributed by atoms with Gasteiger partial charge in [-0.25, -0.2) is 13.1 Å². The minimum atomic E-state index is -3.76. The van der Waals surface area contributed by atoms with Crippen molar-refractivity contribution in [3.05, 3.63) is 59.3 Å². The summed E-state index contributed by atoms with van der Waals surface area (Å²) in [7, 11) is -3.76. The minimum Gasteiger partial charge on any atom is -0.398 e. The standard InChI is InChI=1S/C20H22N4O2S/c1-13-8-14(2)20(18(22)9-13)27(25,26)23-15(3)11-24-12-16(10-21)17-6-4-5-7-19(17)24/h4-9,12,15,23H,11,22H2,1-3H3. The molecule has 0 amide bonds. The highest BCUT2D eigenvalue weighted by molar-refractivity contribution is 7.89. The summed E-state index contributed by atoms with van der Waals surface area (Å²) < 4.78 is 30.3. The van der Waals surface area contributed by atoms with E-state index in [0.717, 1.165) is 16.5 Å². The molecule has 7 heteroatoms. The molecule has 6 nitrogen and oxygen atoms in total. The van der Waals surface area contributed by atoms with Gasteiger partial charge in [0.1, 0.15) is 11.0 Å². The summed E-state index contributed by atoms with van der Waals surface area (Å²) in [5, 5.41) is 10.2. The van der Waals surface area contributed by atoms with Crippen molar-refractivity contribution < 1.29 is 8.42 Å². The van der Waals surface area contributed by atoms with Gasteiger partial charge in [-0.15, -0.1) is 0 Å². The molecule has 0 aliphatic heterocycles. The molecule has 2 aromatic carbocycles. The van der Waals surface area contributed by atoms with Crippen LogP contribution in [0.3, 0.4) is 0 Å². The SMILES string of the molecule is Cc1cc(C)c(S(=O)(=O)NC(C)Cn2cc(C#N)c3ccccc32)c(N)c1. The number of hydrogen-bond donors (Lipinski definition) is 2. The number of para-hydroxylation sites is 1. The van der Waals surface area contributed by atoms with Crippen LogP contribution in [0.1, 0.15) is 23.6 Å². The van der Waals surface area contributed by atoms with Crippen LogP contribution < -0.4 is 10.5 Å². The van der Waals surface area contributed by atoms with E-state index < -0.39 is 16.1 Å². The third-order valence-electron chi connectivity index (χ3n) is 4.45. The van der Waals surface area contributed by atoms with Crippen LogP contribution in [0.4, 0.5) is 5.69 Å². The minimum absolute atomic E-state index is 0.120. The molecule has 0 bridgehead atoms. The normalized spacial score (nSPS) is 12.8. The Labute approximate surface area is 159 Å². The second-order valence-corrected chi connectivity index (χ2v) is 8.50. The fourth-order valence-electron chi connectivity index (χ4n) is 3.50. The van der Waals surface area contributed by atoms with E-state index in [-0.39, 0.29) is 10.6 Å². The van der Waals surface area contributed by atoms with Crippen molar-refractivity contribution >= 4 is 26.6 Å². The molecule has 0 aliphatic rings. The molecule has 0 aliphatic carbocycles.